The Hall–Kier alpha value is -1.64. The van der Waals surface area contributed by atoms with Gasteiger partial charge in [-0.2, -0.15) is 4.31 Å². The topological polar surface area (TPSA) is 104 Å². The third-order valence-corrected chi connectivity index (χ3v) is 7.18. The van der Waals surface area contributed by atoms with E-state index in [1.54, 1.807) is 0 Å². The molecule has 0 aliphatic heterocycles. The highest BCUT2D eigenvalue weighted by Gasteiger charge is 2.36. The highest BCUT2D eigenvalue weighted by Crippen LogP contribution is 2.31. The van der Waals surface area contributed by atoms with Gasteiger partial charge in [-0.1, -0.05) is 50.6 Å². The number of amides is 2. The first-order valence-corrected chi connectivity index (χ1v) is 11.8. The number of aliphatic hydroxyl groups excluding tert-OH is 1. The molecule has 0 saturated heterocycles. The number of halogens is 1. The lowest BCUT2D eigenvalue weighted by atomic mass is 9.85. The van der Waals surface area contributed by atoms with Crippen molar-refractivity contribution >= 4 is 33.4 Å². The predicted octanol–water partition coefficient (Wildman–Crippen LogP) is 3.94. The van der Waals surface area contributed by atoms with Crippen LogP contribution in [0, 0.1) is 5.92 Å². The van der Waals surface area contributed by atoms with Crippen LogP contribution in [0.25, 0.3) is 0 Å². The normalized spacial score (nSPS) is 16.3. The number of benzene rings is 1. The minimum atomic E-state index is -4.47. The van der Waals surface area contributed by atoms with Crippen molar-refractivity contribution in [1.82, 2.24) is 9.62 Å². The van der Waals surface area contributed by atoms with Crippen LogP contribution in [0.4, 0.5) is 4.79 Å². The van der Waals surface area contributed by atoms with E-state index in [4.69, 9.17) is 11.6 Å². The Morgan fingerprint density at radius 3 is 2.52 bits per heavy atom. The number of carbonyl (C=O) groups excluding carboxylic acids is 2. The second-order valence-corrected chi connectivity index (χ2v) is 9.66. The first-order chi connectivity index (χ1) is 13.7. The zero-order chi connectivity index (χ0) is 21.6. The van der Waals surface area contributed by atoms with Crippen molar-refractivity contribution in [3.63, 3.8) is 0 Å². The number of rotatable bonds is 8. The molecule has 9 heteroatoms. The lowest BCUT2D eigenvalue weighted by Gasteiger charge is -2.26. The van der Waals surface area contributed by atoms with E-state index in [0.29, 0.717) is 10.7 Å². The smallest absolute Gasteiger partial charge is 0.333 e. The van der Waals surface area contributed by atoms with Gasteiger partial charge in [0.2, 0.25) is 0 Å². The quantitative estimate of drug-likeness (QED) is 0.466. The largest absolute Gasteiger partial charge is 0.373 e. The van der Waals surface area contributed by atoms with Crippen LogP contribution in [0.2, 0.25) is 5.02 Å². The van der Waals surface area contributed by atoms with E-state index < -0.39 is 22.3 Å². The number of hydrogen-bond donors (Lipinski definition) is 2. The molecule has 2 rings (SSSR count). The van der Waals surface area contributed by atoms with Crippen LogP contribution in [0.3, 0.4) is 0 Å². The molecule has 0 aromatic heterocycles. The molecule has 1 unspecified atom stereocenters. The molecule has 0 radical (unpaired) electrons. The summed E-state index contributed by atoms with van der Waals surface area (Å²) in [5, 5.41) is 12.7. The van der Waals surface area contributed by atoms with Crippen LogP contribution in [-0.2, 0) is 10.0 Å². The van der Waals surface area contributed by atoms with E-state index >= 15 is 0 Å². The molecule has 0 bridgehead atoms. The summed E-state index contributed by atoms with van der Waals surface area (Å²) in [7, 11) is -4.47. The molecule has 7 nitrogen and oxygen atoms in total. The predicted molar refractivity (Wildman–Crippen MR) is 111 cm³/mol. The fourth-order valence-electron chi connectivity index (χ4n) is 3.60. The summed E-state index contributed by atoms with van der Waals surface area (Å²) >= 11 is 6.04. The van der Waals surface area contributed by atoms with Gasteiger partial charge in [-0.25, -0.2) is 13.2 Å². The SMILES string of the molecule is CCCNC(=O)N(C(C)O)S(=O)(=O)c1ccc(Cl)cc1C(=O)CC1CCCCC1. The second-order valence-electron chi connectivity index (χ2n) is 7.44. The summed E-state index contributed by atoms with van der Waals surface area (Å²) in [6.45, 7) is 3.26. The summed E-state index contributed by atoms with van der Waals surface area (Å²) in [4.78, 5) is 25.0. The van der Waals surface area contributed by atoms with Gasteiger partial charge in [0.05, 0.1) is 4.90 Å². The Labute approximate surface area is 177 Å². The van der Waals surface area contributed by atoms with E-state index in [2.05, 4.69) is 5.32 Å². The lowest BCUT2D eigenvalue weighted by molar-refractivity contribution is 0.0925. The van der Waals surface area contributed by atoms with Crippen LogP contribution in [-0.4, -0.2) is 42.4 Å². The maximum atomic E-state index is 13.2. The molecule has 0 heterocycles. The summed E-state index contributed by atoms with van der Waals surface area (Å²) in [5.74, 6) is -0.107. The minimum absolute atomic E-state index is 0.0444. The molecule has 29 heavy (non-hydrogen) atoms. The Kier molecular flexibility index (Phi) is 8.48. The first-order valence-electron chi connectivity index (χ1n) is 10.0. The Balaban J connectivity index is 2.40. The number of ketones is 1. The van der Waals surface area contributed by atoms with Gasteiger partial charge in [0, 0.05) is 23.6 Å². The van der Waals surface area contributed by atoms with Gasteiger partial charge in [0.15, 0.2) is 5.78 Å². The molecular weight excluding hydrogens is 416 g/mol. The number of aliphatic hydroxyl groups is 1. The summed E-state index contributed by atoms with van der Waals surface area (Å²) < 4.78 is 26.8. The third-order valence-electron chi connectivity index (χ3n) is 5.04. The van der Waals surface area contributed by atoms with Crippen molar-refractivity contribution in [3.8, 4) is 0 Å². The number of nitrogens with one attached hydrogen (secondary N) is 1. The number of nitrogens with zero attached hydrogens (tertiary/aromatic N) is 1. The maximum absolute atomic E-state index is 13.2. The molecule has 1 fully saturated rings. The number of carbonyl (C=O) groups is 2. The van der Waals surface area contributed by atoms with Crippen LogP contribution < -0.4 is 5.32 Å². The number of hydrogen-bond acceptors (Lipinski definition) is 5. The zero-order valence-corrected chi connectivity index (χ0v) is 18.4. The van der Waals surface area contributed by atoms with E-state index in [0.717, 1.165) is 32.1 Å². The van der Waals surface area contributed by atoms with E-state index in [-0.39, 0.29) is 40.1 Å². The monoisotopic (exact) mass is 444 g/mol. The van der Waals surface area contributed by atoms with Crippen LogP contribution in [0.15, 0.2) is 23.1 Å². The van der Waals surface area contributed by atoms with Crippen molar-refractivity contribution in [2.45, 2.75) is 69.9 Å². The lowest BCUT2D eigenvalue weighted by Crippen LogP contribution is -2.48. The average molecular weight is 445 g/mol. The highest BCUT2D eigenvalue weighted by molar-refractivity contribution is 7.89. The molecular formula is C20H29ClN2O5S. The second kappa shape index (κ2) is 10.4. The van der Waals surface area contributed by atoms with Crippen LogP contribution in [0.1, 0.15) is 69.2 Å². The molecule has 1 aromatic carbocycles. The number of sulfonamides is 1. The maximum Gasteiger partial charge on any atom is 0.333 e. The standard InChI is InChI=1S/C20H29ClN2O5S/c1-3-11-22-20(26)23(14(2)24)29(27,28)19-10-9-16(21)13-17(19)18(25)12-15-7-5-4-6-8-15/h9-10,13-15,24H,3-8,11-12H2,1-2H3,(H,22,26). The van der Waals surface area contributed by atoms with Crippen molar-refractivity contribution in [3.05, 3.63) is 28.8 Å². The van der Waals surface area contributed by atoms with Gasteiger partial charge in [0.25, 0.3) is 10.0 Å². The molecule has 1 aliphatic rings. The molecule has 1 aromatic rings. The zero-order valence-electron chi connectivity index (χ0n) is 16.9. The van der Waals surface area contributed by atoms with E-state index in [1.807, 2.05) is 6.92 Å². The molecule has 2 N–H and O–H groups in total. The van der Waals surface area contributed by atoms with Gasteiger partial charge in [-0.3, -0.25) is 4.79 Å². The summed E-state index contributed by atoms with van der Waals surface area (Å²) in [5.41, 5.74) is -0.0444. The van der Waals surface area contributed by atoms with Gasteiger partial charge >= 0.3 is 6.03 Å². The fraction of sp³-hybridized carbons (Fsp3) is 0.600. The van der Waals surface area contributed by atoms with Gasteiger partial charge in [-0.05, 0) is 37.5 Å². The summed E-state index contributed by atoms with van der Waals surface area (Å²) in [6, 6.07) is 2.95. The highest BCUT2D eigenvalue weighted by atomic mass is 35.5. The molecule has 0 spiro atoms. The van der Waals surface area contributed by atoms with E-state index in [1.165, 1.54) is 25.1 Å². The number of urea groups is 1. The van der Waals surface area contributed by atoms with Gasteiger partial charge in [-0.15, -0.1) is 0 Å². The molecule has 1 atom stereocenters. The molecule has 1 saturated carbocycles. The van der Waals surface area contributed by atoms with Crippen molar-refractivity contribution < 1.29 is 23.1 Å². The Morgan fingerprint density at radius 2 is 1.93 bits per heavy atom. The fourth-order valence-corrected chi connectivity index (χ4v) is 5.36. The van der Waals surface area contributed by atoms with Crippen LogP contribution in [0.5, 0.6) is 0 Å². The molecule has 2 amide bonds. The minimum Gasteiger partial charge on any atom is -0.373 e. The van der Waals surface area contributed by atoms with Crippen LogP contribution >= 0.6 is 11.6 Å². The Bertz CT molecular complexity index is 835. The third kappa shape index (κ3) is 5.93. The van der Waals surface area contributed by atoms with Gasteiger partial charge in [0.1, 0.15) is 6.23 Å². The van der Waals surface area contributed by atoms with Crippen molar-refractivity contribution in [2.24, 2.45) is 5.92 Å². The first kappa shape index (κ1) is 23.6. The molecule has 162 valence electrons. The van der Waals surface area contributed by atoms with Crippen molar-refractivity contribution in [1.29, 1.82) is 0 Å². The summed E-state index contributed by atoms with van der Waals surface area (Å²) in [6.07, 6.45) is 4.39. The number of Topliss-reactive ketones (excluding diaryl/α,β-unsaturated/α-hetero) is 1. The average Bonchev–Trinajstić information content (AvgIpc) is 2.66. The molecule has 1 aliphatic carbocycles. The van der Waals surface area contributed by atoms with Crippen molar-refractivity contribution in [2.75, 3.05) is 6.54 Å². The van der Waals surface area contributed by atoms with E-state index in [9.17, 15) is 23.1 Å². The Morgan fingerprint density at radius 1 is 1.28 bits per heavy atom. The van der Waals surface area contributed by atoms with Gasteiger partial charge < -0.3 is 10.4 Å².